The predicted molar refractivity (Wildman–Crippen MR) is 82.0 cm³/mol. The topological polar surface area (TPSA) is 41.1 Å². The Morgan fingerprint density at radius 3 is 2.75 bits per heavy atom. The zero-order valence-electron chi connectivity index (χ0n) is 12.2. The highest BCUT2D eigenvalue weighted by Gasteiger charge is 2.22. The summed E-state index contributed by atoms with van der Waals surface area (Å²) in [4.78, 5) is 12.1. The van der Waals surface area contributed by atoms with Crippen LogP contribution in [0.5, 0.6) is 0 Å². The van der Waals surface area contributed by atoms with Gasteiger partial charge in [-0.25, -0.2) is 4.79 Å². The van der Waals surface area contributed by atoms with Gasteiger partial charge in [0, 0.05) is 11.7 Å². The lowest BCUT2D eigenvalue weighted by molar-refractivity contribution is 0.232. The van der Waals surface area contributed by atoms with Crippen molar-refractivity contribution < 1.29 is 4.79 Å². The van der Waals surface area contributed by atoms with Gasteiger partial charge in [-0.2, -0.15) is 0 Å². The number of carbonyl (C=O) groups is 1. The summed E-state index contributed by atoms with van der Waals surface area (Å²) in [7, 11) is 0. The van der Waals surface area contributed by atoms with Crippen molar-refractivity contribution in [1.82, 2.24) is 5.32 Å². The van der Waals surface area contributed by atoms with Crippen molar-refractivity contribution in [2.45, 2.75) is 57.9 Å². The smallest absolute Gasteiger partial charge is 0.319 e. The van der Waals surface area contributed by atoms with Crippen molar-refractivity contribution >= 4 is 11.7 Å². The van der Waals surface area contributed by atoms with Crippen molar-refractivity contribution in [2.75, 3.05) is 5.32 Å². The molecular weight excluding hydrogens is 248 g/mol. The second-order valence-corrected chi connectivity index (χ2v) is 6.30. The third-order valence-electron chi connectivity index (χ3n) is 4.78. The van der Waals surface area contributed by atoms with Crippen LogP contribution in [0.2, 0.25) is 0 Å². The van der Waals surface area contributed by atoms with E-state index in [1.807, 2.05) is 6.07 Å². The molecular formula is C17H24N2O. The molecule has 20 heavy (non-hydrogen) atoms. The number of amides is 2. The highest BCUT2D eigenvalue weighted by molar-refractivity contribution is 5.89. The van der Waals surface area contributed by atoms with Crippen LogP contribution in [-0.4, -0.2) is 12.1 Å². The molecule has 0 spiro atoms. The van der Waals surface area contributed by atoms with Crippen LogP contribution < -0.4 is 10.6 Å². The highest BCUT2D eigenvalue weighted by atomic mass is 16.2. The lowest BCUT2D eigenvalue weighted by Gasteiger charge is -2.29. The van der Waals surface area contributed by atoms with E-state index < -0.39 is 0 Å². The molecule has 0 saturated heterocycles. The van der Waals surface area contributed by atoms with Crippen LogP contribution in [0.25, 0.3) is 0 Å². The summed E-state index contributed by atoms with van der Waals surface area (Å²) >= 11 is 0. The van der Waals surface area contributed by atoms with Gasteiger partial charge in [0.2, 0.25) is 0 Å². The molecule has 0 aliphatic heterocycles. The van der Waals surface area contributed by atoms with Crippen LogP contribution in [0, 0.1) is 5.92 Å². The standard InChI is InChI=1S/C17H24N2O/c1-12-5-2-3-8-16(12)19-17(20)18-15-10-9-13-6-4-7-14(13)11-15/h9-12,16H,2-8H2,1H3,(H2,18,19,20). The summed E-state index contributed by atoms with van der Waals surface area (Å²) < 4.78 is 0. The average Bonchev–Trinajstić information content (AvgIpc) is 2.89. The minimum absolute atomic E-state index is 0.0540. The number of rotatable bonds is 2. The van der Waals surface area contributed by atoms with Crippen molar-refractivity contribution in [3.63, 3.8) is 0 Å². The van der Waals surface area contributed by atoms with Crippen molar-refractivity contribution in [1.29, 1.82) is 0 Å². The lowest BCUT2D eigenvalue weighted by atomic mass is 9.86. The van der Waals surface area contributed by atoms with Gasteiger partial charge in [0.15, 0.2) is 0 Å². The van der Waals surface area contributed by atoms with Crippen molar-refractivity contribution in [2.24, 2.45) is 5.92 Å². The van der Waals surface area contributed by atoms with Gasteiger partial charge in [0.25, 0.3) is 0 Å². The first-order valence-electron chi connectivity index (χ1n) is 7.92. The Morgan fingerprint density at radius 2 is 1.90 bits per heavy atom. The van der Waals surface area contributed by atoms with Gasteiger partial charge >= 0.3 is 6.03 Å². The molecule has 2 atom stereocenters. The summed E-state index contributed by atoms with van der Waals surface area (Å²) in [6, 6.07) is 6.58. The van der Waals surface area contributed by atoms with Crippen LogP contribution in [0.1, 0.15) is 50.2 Å². The Balaban J connectivity index is 1.58. The molecule has 1 fully saturated rings. The number of nitrogens with one attached hydrogen (secondary N) is 2. The van der Waals surface area contributed by atoms with Gasteiger partial charge in [-0.15, -0.1) is 0 Å². The lowest BCUT2D eigenvalue weighted by Crippen LogP contribution is -2.43. The van der Waals surface area contributed by atoms with E-state index in [4.69, 9.17) is 0 Å². The van der Waals surface area contributed by atoms with Gasteiger partial charge in [0.05, 0.1) is 0 Å². The third kappa shape index (κ3) is 2.97. The zero-order chi connectivity index (χ0) is 13.9. The molecule has 0 heterocycles. The number of fused-ring (bicyclic) bond motifs is 1. The number of aryl methyl sites for hydroxylation is 2. The largest absolute Gasteiger partial charge is 0.335 e. The first-order chi connectivity index (χ1) is 9.72. The second-order valence-electron chi connectivity index (χ2n) is 6.30. The molecule has 108 valence electrons. The fourth-order valence-corrected chi connectivity index (χ4v) is 3.52. The number of anilines is 1. The van der Waals surface area contributed by atoms with Gasteiger partial charge < -0.3 is 10.6 Å². The second kappa shape index (κ2) is 5.86. The molecule has 0 radical (unpaired) electrons. The molecule has 0 bridgehead atoms. The monoisotopic (exact) mass is 272 g/mol. The number of hydrogen-bond acceptors (Lipinski definition) is 1. The van der Waals surface area contributed by atoms with E-state index in [9.17, 15) is 4.79 Å². The molecule has 1 aromatic rings. The van der Waals surface area contributed by atoms with Gasteiger partial charge in [-0.3, -0.25) is 0 Å². The Labute approximate surface area is 121 Å². The fourth-order valence-electron chi connectivity index (χ4n) is 3.52. The molecule has 1 aromatic carbocycles. The molecule has 3 nitrogen and oxygen atoms in total. The maximum Gasteiger partial charge on any atom is 0.319 e. The Hall–Kier alpha value is -1.51. The van der Waals surface area contributed by atoms with Crippen molar-refractivity contribution in [3.05, 3.63) is 29.3 Å². The highest BCUT2D eigenvalue weighted by Crippen LogP contribution is 2.26. The quantitative estimate of drug-likeness (QED) is 0.843. The molecule has 2 unspecified atom stereocenters. The Bertz CT molecular complexity index is 498. The van der Waals surface area contributed by atoms with Crippen LogP contribution in [0.15, 0.2) is 18.2 Å². The fraction of sp³-hybridized carbons (Fsp3) is 0.588. The summed E-state index contributed by atoms with van der Waals surface area (Å²) in [6.45, 7) is 2.24. The number of hydrogen-bond donors (Lipinski definition) is 2. The summed E-state index contributed by atoms with van der Waals surface area (Å²) in [5.74, 6) is 0.592. The van der Waals surface area contributed by atoms with E-state index in [1.54, 1.807) is 0 Å². The molecule has 3 heteroatoms. The minimum atomic E-state index is -0.0540. The van der Waals surface area contributed by atoms with Crippen molar-refractivity contribution in [3.8, 4) is 0 Å². The molecule has 3 rings (SSSR count). The number of urea groups is 1. The van der Waals surface area contributed by atoms with E-state index in [-0.39, 0.29) is 6.03 Å². The zero-order valence-corrected chi connectivity index (χ0v) is 12.2. The van der Waals surface area contributed by atoms with Gasteiger partial charge in [0.1, 0.15) is 0 Å². The molecule has 2 aliphatic carbocycles. The Morgan fingerprint density at radius 1 is 1.10 bits per heavy atom. The van der Waals surface area contributed by atoms with Crippen LogP contribution in [-0.2, 0) is 12.8 Å². The van der Waals surface area contributed by atoms with E-state index >= 15 is 0 Å². The van der Waals surface area contributed by atoms with Gasteiger partial charge in [-0.1, -0.05) is 25.8 Å². The first-order valence-corrected chi connectivity index (χ1v) is 7.92. The molecule has 2 aliphatic rings. The SMILES string of the molecule is CC1CCCCC1NC(=O)Nc1ccc2c(c1)CCC2. The molecule has 1 saturated carbocycles. The minimum Gasteiger partial charge on any atom is -0.335 e. The van der Waals surface area contributed by atoms with E-state index in [0.29, 0.717) is 12.0 Å². The number of benzene rings is 1. The van der Waals surface area contributed by atoms with E-state index in [2.05, 4.69) is 29.7 Å². The average molecular weight is 272 g/mol. The van der Waals surface area contributed by atoms with Gasteiger partial charge in [-0.05, 0) is 61.3 Å². The van der Waals surface area contributed by atoms with Crippen LogP contribution in [0.4, 0.5) is 10.5 Å². The molecule has 0 aromatic heterocycles. The molecule has 2 amide bonds. The summed E-state index contributed by atoms with van der Waals surface area (Å²) in [5, 5.41) is 6.12. The maximum absolute atomic E-state index is 12.1. The Kier molecular flexibility index (Phi) is 3.95. The van der Waals surface area contributed by atoms with Crippen LogP contribution in [0.3, 0.4) is 0 Å². The summed E-state index contributed by atoms with van der Waals surface area (Å²) in [5.41, 5.74) is 3.76. The van der Waals surface area contributed by atoms with E-state index in [1.165, 1.54) is 43.2 Å². The third-order valence-corrected chi connectivity index (χ3v) is 4.78. The summed E-state index contributed by atoms with van der Waals surface area (Å²) in [6.07, 6.45) is 8.43. The van der Waals surface area contributed by atoms with Crippen LogP contribution >= 0.6 is 0 Å². The molecule has 2 N–H and O–H groups in total. The predicted octanol–water partition coefficient (Wildman–Crippen LogP) is 3.88. The maximum atomic E-state index is 12.1. The number of carbonyl (C=O) groups excluding carboxylic acids is 1. The normalized spacial score (nSPS) is 25.1. The van der Waals surface area contributed by atoms with E-state index in [0.717, 1.165) is 18.5 Å². The first kappa shape index (κ1) is 13.5.